The summed E-state index contributed by atoms with van der Waals surface area (Å²) in [4.78, 5) is 27.8. The van der Waals surface area contributed by atoms with E-state index in [2.05, 4.69) is 35.5 Å². The van der Waals surface area contributed by atoms with Gasteiger partial charge in [-0.25, -0.2) is 0 Å². The Labute approximate surface area is 184 Å². The van der Waals surface area contributed by atoms with Crippen molar-refractivity contribution >= 4 is 5.69 Å². The van der Waals surface area contributed by atoms with Gasteiger partial charge in [0.05, 0.1) is 11.4 Å². The molecular formula is C21H26N8O3. The van der Waals surface area contributed by atoms with Crippen LogP contribution in [0.1, 0.15) is 43.0 Å². The zero-order valence-electron chi connectivity index (χ0n) is 18.0. The number of aromatic nitrogens is 6. The summed E-state index contributed by atoms with van der Waals surface area (Å²) in [5.41, 5.74) is 1.41. The third-order valence-corrected chi connectivity index (χ3v) is 7.20. The van der Waals surface area contributed by atoms with Crippen molar-refractivity contribution in [2.75, 3.05) is 37.6 Å². The Kier molecular flexibility index (Phi) is 5.30. The number of β-amino-alcohol motifs (C(OH)–C–C–N with tert-alkyl or cyclic N) is 1. The fourth-order valence-electron chi connectivity index (χ4n) is 5.03. The molecule has 1 aromatic carbocycles. The molecule has 0 saturated carbocycles. The van der Waals surface area contributed by atoms with Gasteiger partial charge in [0, 0.05) is 25.2 Å². The number of aliphatic hydroxyl groups excluding tert-OH is 1. The first kappa shape index (κ1) is 20.8. The molecule has 3 aromatic rings. The van der Waals surface area contributed by atoms with Crippen LogP contribution in [0.15, 0.2) is 28.0 Å². The van der Waals surface area contributed by atoms with E-state index in [4.69, 9.17) is 0 Å². The molecule has 0 amide bonds. The Morgan fingerprint density at radius 3 is 2.34 bits per heavy atom. The van der Waals surface area contributed by atoms with Gasteiger partial charge in [-0.3, -0.25) is 9.59 Å². The van der Waals surface area contributed by atoms with Gasteiger partial charge in [-0.05, 0) is 73.7 Å². The molecule has 0 bridgehead atoms. The molecule has 0 unspecified atom stereocenters. The molecule has 1 atom stereocenters. The highest BCUT2D eigenvalue weighted by molar-refractivity contribution is 5.58. The molecule has 2 aliphatic heterocycles. The molecular weight excluding hydrogens is 412 g/mol. The lowest BCUT2D eigenvalue weighted by atomic mass is 9.71. The van der Waals surface area contributed by atoms with Crippen LogP contribution < -0.4 is 15.8 Å². The van der Waals surface area contributed by atoms with Crippen LogP contribution >= 0.6 is 0 Å². The Bertz CT molecular complexity index is 1140. The number of anilines is 1. The fraction of sp³-hybridized carbons (Fsp3) is 0.571. The molecule has 5 rings (SSSR count). The van der Waals surface area contributed by atoms with Gasteiger partial charge in [0.2, 0.25) is 10.9 Å². The molecule has 0 radical (unpaired) electrons. The van der Waals surface area contributed by atoms with E-state index in [0.29, 0.717) is 29.3 Å². The van der Waals surface area contributed by atoms with Crippen molar-refractivity contribution in [2.45, 2.75) is 38.7 Å². The summed E-state index contributed by atoms with van der Waals surface area (Å²) in [6.07, 6.45) is 4.94. The summed E-state index contributed by atoms with van der Waals surface area (Å²) in [6, 6.07) is 3.48. The smallest absolute Gasteiger partial charge is 0.249 e. The highest BCUT2D eigenvalue weighted by Gasteiger charge is 2.39. The molecule has 168 valence electrons. The van der Waals surface area contributed by atoms with Gasteiger partial charge in [0.25, 0.3) is 0 Å². The van der Waals surface area contributed by atoms with E-state index < -0.39 is 6.10 Å². The molecule has 11 heteroatoms. The van der Waals surface area contributed by atoms with Crippen LogP contribution in [0.5, 0.6) is 0 Å². The summed E-state index contributed by atoms with van der Waals surface area (Å²) >= 11 is 0. The first-order valence-electron chi connectivity index (χ1n) is 11.0. The average molecular weight is 438 g/mol. The Morgan fingerprint density at radius 2 is 1.75 bits per heavy atom. The number of hydrogen-bond acceptors (Lipinski definition) is 10. The van der Waals surface area contributed by atoms with Crippen molar-refractivity contribution in [3.05, 3.63) is 50.2 Å². The standard InChI is InChI=1S/C21H26N8O3/c1-14-18(20(32)19(14)31)28-10-6-21(7-11-28)4-8-27(9-5-21)12-16(30)15-2-3-17(24-23-15)29-13-22-25-26-29/h2-3,13,16,30H,4-12H2,1H3/t16-/m0/s1. The number of hydrogen-bond donors (Lipinski definition) is 1. The molecule has 2 fully saturated rings. The summed E-state index contributed by atoms with van der Waals surface area (Å²) in [5, 5.41) is 29.8. The van der Waals surface area contributed by atoms with Crippen LogP contribution in [0.2, 0.25) is 0 Å². The Balaban J connectivity index is 1.13. The van der Waals surface area contributed by atoms with Gasteiger partial charge in [0.1, 0.15) is 12.4 Å². The zero-order valence-corrected chi connectivity index (χ0v) is 18.0. The van der Waals surface area contributed by atoms with Gasteiger partial charge in [-0.15, -0.1) is 10.2 Å². The predicted molar refractivity (Wildman–Crippen MR) is 115 cm³/mol. The van der Waals surface area contributed by atoms with Gasteiger partial charge < -0.3 is 14.9 Å². The summed E-state index contributed by atoms with van der Waals surface area (Å²) in [7, 11) is 0. The Morgan fingerprint density at radius 1 is 1.03 bits per heavy atom. The van der Waals surface area contributed by atoms with E-state index >= 15 is 0 Å². The summed E-state index contributed by atoms with van der Waals surface area (Å²) in [6.45, 7) is 5.77. The second kappa shape index (κ2) is 8.14. The number of tetrazole rings is 1. The lowest BCUT2D eigenvalue weighted by Crippen LogP contribution is -2.50. The highest BCUT2D eigenvalue weighted by Crippen LogP contribution is 2.42. The minimum Gasteiger partial charge on any atom is -0.385 e. The molecule has 11 nitrogen and oxygen atoms in total. The van der Waals surface area contributed by atoms with Crippen molar-refractivity contribution in [1.82, 2.24) is 35.3 Å². The van der Waals surface area contributed by atoms with Crippen molar-refractivity contribution < 1.29 is 5.11 Å². The second-order valence-corrected chi connectivity index (χ2v) is 9.01. The van der Waals surface area contributed by atoms with Crippen LogP contribution in [-0.2, 0) is 0 Å². The maximum Gasteiger partial charge on any atom is 0.249 e. The number of aliphatic hydroxyl groups is 1. The first-order chi connectivity index (χ1) is 15.5. The third kappa shape index (κ3) is 3.71. The van der Waals surface area contributed by atoms with Crippen molar-refractivity contribution in [3.8, 4) is 5.82 Å². The minimum absolute atomic E-state index is 0.288. The van der Waals surface area contributed by atoms with Crippen LogP contribution in [0.4, 0.5) is 5.69 Å². The average Bonchev–Trinajstić information content (AvgIpc) is 3.37. The van der Waals surface area contributed by atoms with E-state index in [0.717, 1.165) is 51.9 Å². The first-order valence-corrected chi connectivity index (χ1v) is 11.0. The quantitative estimate of drug-likeness (QED) is 0.533. The topological polar surface area (TPSA) is 130 Å². The zero-order chi connectivity index (χ0) is 22.3. The number of rotatable bonds is 5. The lowest BCUT2D eigenvalue weighted by Gasteiger charge is -2.47. The highest BCUT2D eigenvalue weighted by atomic mass is 16.3. The second-order valence-electron chi connectivity index (χ2n) is 9.01. The minimum atomic E-state index is -0.710. The van der Waals surface area contributed by atoms with Gasteiger partial charge in [-0.1, -0.05) is 0 Å². The lowest BCUT2D eigenvalue weighted by molar-refractivity contribution is 0.0435. The largest absolute Gasteiger partial charge is 0.385 e. The molecule has 1 spiro atoms. The third-order valence-electron chi connectivity index (χ3n) is 7.20. The summed E-state index contributed by atoms with van der Waals surface area (Å²) < 4.78 is 1.41. The van der Waals surface area contributed by atoms with E-state index in [-0.39, 0.29) is 16.3 Å². The van der Waals surface area contributed by atoms with E-state index in [1.54, 1.807) is 19.1 Å². The predicted octanol–water partition coefficient (Wildman–Crippen LogP) is -0.227. The van der Waals surface area contributed by atoms with Gasteiger partial charge >= 0.3 is 0 Å². The monoisotopic (exact) mass is 438 g/mol. The molecule has 4 heterocycles. The summed E-state index contributed by atoms with van der Waals surface area (Å²) in [5.74, 6) is 0.496. The van der Waals surface area contributed by atoms with Gasteiger partial charge in [0.15, 0.2) is 5.82 Å². The molecule has 2 saturated heterocycles. The Hall–Kier alpha value is -3.05. The van der Waals surface area contributed by atoms with Crippen LogP contribution in [0, 0.1) is 12.3 Å². The molecule has 2 aliphatic rings. The maximum atomic E-state index is 11.9. The number of piperidine rings is 2. The molecule has 2 aromatic heterocycles. The van der Waals surface area contributed by atoms with E-state index in [9.17, 15) is 14.7 Å². The van der Waals surface area contributed by atoms with Crippen molar-refractivity contribution in [2.24, 2.45) is 5.41 Å². The van der Waals surface area contributed by atoms with Crippen LogP contribution in [-0.4, -0.2) is 73.1 Å². The molecule has 1 N–H and O–H groups in total. The van der Waals surface area contributed by atoms with Crippen molar-refractivity contribution in [1.29, 1.82) is 0 Å². The normalized spacial score (nSPS) is 20.1. The van der Waals surface area contributed by atoms with Crippen molar-refractivity contribution in [3.63, 3.8) is 0 Å². The number of likely N-dealkylation sites (tertiary alicyclic amines) is 1. The van der Waals surface area contributed by atoms with E-state index in [1.165, 1.54) is 11.0 Å². The molecule has 32 heavy (non-hydrogen) atoms. The van der Waals surface area contributed by atoms with Crippen LogP contribution in [0.25, 0.3) is 5.82 Å². The maximum absolute atomic E-state index is 11.9. The molecule has 0 aliphatic carbocycles. The number of nitrogens with zero attached hydrogens (tertiary/aromatic N) is 8. The van der Waals surface area contributed by atoms with Crippen LogP contribution in [0.3, 0.4) is 0 Å². The van der Waals surface area contributed by atoms with Gasteiger partial charge in [-0.2, -0.15) is 9.78 Å². The van der Waals surface area contributed by atoms with E-state index in [1.807, 2.05) is 0 Å². The fourth-order valence-corrected chi connectivity index (χ4v) is 5.03. The SMILES string of the molecule is Cc1c(N2CCC3(CCN(C[C@H](O)c4ccc(-n5cnnn5)nn4)CC3)CC2)c(=O)c1=O.